The Balaban J connectivity index is 1.58. The zero-order valence-electron chi connectivity index (χ0n) is 14.6. The average molecular weight is 323 g/mol. The molecule has 1 nitrogen and oxygen atoms in total. The van der Waals surface area contributed by atoms with E-state index in [0.29, 0.717) is 0 Å². The van der Waals surface area contributed by atoms with E-state index in [1.807, 2.05) is 0 Å². The zero-order chi connectivity index (χ0) is 17.0. The summed E-state index contributed by atoms with van der Waals surface area (Å²) in [5.74, 6) is 0. The van der Waals surface area contributed by atoms with Crippen molar-refractivity contribution in [3.8, 4) is 11.1 Å². The molecule has 1 atom stereocenters. The van der Waals surface area contributed by atoms with Crippen LogP contribution in [0.5, 0.6) is 0 Å². The van der Waals surface area contributed by atoms with E-state index in [1.54, 1.807) is 0 Å². The predicted molar refractivity (Wildman–Crippen MR) is 106 cm³/mol. The van der Waals surface area contributed by atoms with Crippen LogP contribution in [0.15, 0.2) is 72.8 Å². The first kappa shape index (κ1) is 14.5. The van der Waals surface area contributed by atoms with Gasteiger partial charge in [0.1, 0.15) is 0 Å². The van der Waals surface area contributed by atoms with Crippen molar-refractivity contribution in [2.45, 2.75) is 25.3 Å². The number of benzene rings is 3. The quantitative estimate of drug-likeness (QED) is 0.564. The summed E-state index contributed by atoms with van der Waals surface area (Å²) in [6.45, 7) is 4.67. The van der Waals surface area contributed by atoms with Crippen LogP contribution in [0.3, 0.4) is 0 Å². The fraction of sp³-hybridized carbons (Fsp3) is 0.167. The molecule has 0 fully saturated rings. The predicted octanol–water partition coefficient (Wildman–Crippen LogP) is 6.17. The summed E-state index contributed by atoms with van der Waals surface area (Å²) in [7, 11) is 0. The van der Waals surface area contributed by atoms with Crippen LogP contribution < -0.4 is 5.32 Å². The largest absolute Gasteiger partial charge is 0.374 e. The second-order valence-corrected chi connectivity index (χ2v) is 7.54. The Morgan fingerprint density at radius 3 is 2.48 bits per heavy atom. The normalized spacial score (nSPS) is 18.9. The molecule has 2 aliphatic rings. The van der Waals surface area contributed by atoms with Gasteiger partial charge < -0.3 is 5.32 Å². The molecule has 3 aromatic carbocycles. The Bertz CT molecular complexity index is 1010. The van der Waals surface area contributed by atoms with Crippen LogP contribution in [-0.4, -0.2) is 0 Å². The van der Waals surface area contributed by atoms with E-state index < -0.39 is 0 Å². The van der Waals surface area contributed by atoms with Crippen molar-refractivity contribution in [3.63, 3.8) is 0 Å². The van der Waals surface area contributed by atoms with Gasteiger partial charge in [0.2, 0.25) is 0 Å². The maximum Gasteiger partial charge on any atom is 0.0701 e. The zero-order valence-corrected chi connectivity index (χ0v) is 14.6. The van der Waals surface area contributed by atoms with Crippen LogP contribution in [0, 0.1) is 0 Å². The summed E-state index contributed by atoms with van der Waals surface area (Å²) in [5, 5.41) is 3.67. The fourth-order valence-corrected chi connectivity index (χ4v) is 4.30. The number of nitrogens with one attached hydrogen (secondary N) is 1. The Morgan fingerprint density at radius 1 is 0.800 bits per heavy atom. The van der Waals surface area contributed by atoms with Gasteiger partial charge in [0.05, 0.1) is 6.04 Å². The molecule has 122 valence electrons. The molecule has 0 aromatic heterocycles. The third-order valence-electron chi connectivity index (χ3n) is 5.71. The van der Waals surface area contributed by atoms with Gasteiger partial charge in [0.15, 0.2) is 0 Å². The first-order chi connectivity index (χ1) is 12.1. The van der Waals surface area contributed by atoms with E-state index in [4.69, 9.17) is 0 Å². The molecule has 1 heterocycles. The van der Waals surface area contributed by atoms with E-state index in [1.165, 1.54) is 39.1 Å². The molecule has 0 bridgehead atoms. The Kier molecular flexibility index (Phi) is 2.96. The molecular formula is C24H21N. The van der Waals surface area contributed by atoms with E-state index in [0.717, 1.165) is 0 Å². The molecule has 0 saturated heterocycles. The molecule has 3 aromatic rings. The highest BCUT2D eigenvalue weighted by Gasteiger charge is 2.35. The van der Waals surface area contributed by atoms with Gasteiger partial charge >= 0.3 is 0 Å². The van der Waals surface area contributed by atoms with Crippen LogP contribution >= 0.6 is 0 Å². The third kappa shape index (κ3) is 2.09. The highest BCUT2D eigenvalue weighted by atomic mass is 14.9. The van der Waals surface area contributed by atoms with Crippen molar-refractivity contribution in [2.24, 2.45) is 0 Å². The first-order valence-corrected chi connectivity index (χ1v) is 8.93. The van der Waals surface area contributed by atoms with E-state index in [-0.39, 0.29) is 11.5 Å². The van der Waals surface area contributed by atoms with Gasteiger partial charge in [-0.2, -0.15) is 0 Å². The van der Waals surface area contributed by atoms with E-state index in [9.17, 15) is 0 Å². The maximum absolute atomic E-state index is 3.67. The average Bonchev–Trinajstić information content (AvgIpc) is 2.89. The van der Waals surface area contributed by atoms with Crippen molar-refractivity contribution in [3.05, 3.63) is 95.1 Å². The summed E-state index contributed by atoms with van der Waals surface area (Å²) in [6.07, 6.45) is 4.49. The first-order valence-electron chi connectivity index (χ1n) is 8.93. The molecule has 0 radical (unpaired) electrons. The van der Waals surface area contributed by atoms with Crippen LogP contribution in [0.25, 0.3) is 17.2 Å². The molecule has 1 N–H and O–H groups in total. The van der Waals surface area contributed by atoms with Crippen LogP contribution in [0.2, 0.25) is 0 Å². The molecule has 1 aliphatic carbocycles. The molecule has 25 heavy (non-hydrogen) atoms. The lowest BCUT2D eigenvalue weighted by molar-refractivity contribution is 0.659. The lowest BCUT2D eigenvalue weighted by Gasteiger charge is -2.25. The number of hydrogen-bond donors (Lipinski definition) is 1. The summed E-state index contributed by atoms with van der Waals surface area (Å²) in [6, 6.07) is 24.5. The minimum atomic E-state index is 0.0538. The molecule has 5 rings (SSSR count). The van der Waals surface area contributed by atoms with Gasteiger partial charge in [-0.05, 0) is 39.4 Å². The lowest BCUT2D eigenvalue weighted by Crippen LogP contribution is -2.17. The van der Waals surface area contributed by atoms with Crippen LogP contribution in [0.1, 0.15) is 42.1 Å². The van der Waals surface area contributed by atoms with Gasteiger partial charge in [0.25, 0.3) is 0 Å². The number of rotatable bonds is 1. The molecule has 0 spiro atoms. The third-order valence-corrected chi connectivity index (χ3v) is 5.71. The minimum Gasteiger partial charge on any atom is -0.374 e. The van der Waals surface area contributed by atoms with Crippen LogP contribution in [0.4, 0.5) is 5.69 Å². The van der Waals surface area contributed by atoms with Crippen molar-refractivity contribution in [1.82, 2.24) is 0 Å². The van der Waals surface area contributed by atoms with Crippen LogP contribution in [-0.2, 0) is 5.41 Å². The number of fused-ring (bicyclic) bond motifs is 4. The van der Waals surface area contributed by atoms with Gasteiger partial charge in [-0.15, -0.1) is 0 Å². The standard InChI is InChI=1S/C24H21N/c1-24(2)20-9-5-4-8-18(20)19-13-11-17(15-21(19)24)23-14-12-16-7-3-6-10-22(16)25-23/h3-15,23,25H,1-2H3. The van der Waals surface area contributed by atoms with Gasteiger partial charge in [-0.25, -0.2) is 0 Å². The van der Waals surface area contributed by atoms with Gasteiger partial charge in [-0.3, -0.25) is 0 Å². The minimum absolute atomic E-state index is 0.0538. The highest BCUT2D eigenvalue weighted by Crippen LogP contribution is 2.49. The highest BCUT2D eigenvalue weighted by molar-refractivity contribution is 5.81. The summed E-state index contributed by atoms with van der Waals surface area (Å²) >= 11 is 0. The van der Waals surface area contributed by atoms with Crippen molar-refractivity contribution in [1.29, 1.82) is 0 Å². The number of para-hydroxylation sites is 1. The Hall–Kier alpha value is -2.80. The molecule has 1 unspecified atom stereocenters. The van der Waals surface area contributed by atoms with Crippen molar-refractivity contribution >= 4 is 11.8 Å². The second kappa shape index (κ2) is 5.10. The molecule has 0 amide bonds. The second-order valence-electron chi connectivity index (χ2n) is 7.54. The lowest BCUT2D eigenvalue weighted by atomic mass is 9.81. The number of anilines is 1. The smallest absolute Gasteiger partial charge is 0.0701 e. The molecule has 1 aliphatic heterocycles. The summed E-state index contributed by atoms with van der Waals surface area (Å²) in [5.41, 5.74) is 9.46. The fourth-order valence-electron chi connectivity index (χ4n) is 4.30. The molecule has 1 heteroatoms. The van der Waals surface area contributed by atoms with Gasteiger partial charge in [0, 0.05) is 11.1 Å². The van der Waals surface area contributed by atoms with Crippen molar-refractivity contribution < 1.29 is 0 Å². The SMILES string of the molecule is CC1(C)c2ccccc2-c2ccc(C3C=Cc4ccccc4N3)cc21. The summed E-state index contributed by atoms with van der Waals surface area (Å²) < 4.78 is 0. The maximum atomic E-state index is 3.67. The van der Waals surface area contributed by atoms with Gasteiger partial charge in [-0.1, -0.05) is 86.7 Å². The molecule has 0 saturated carbocycles. The topological polar surface area (TPSA) is 12.0 Å². The Labute approximate surface area is 149 Å². The molecular weight excluding hydrogens is 302 g/mol. The van der Waals surface area contributed by atoms with Crippen molar-refractivity contribution in [2.75, 3.05) is 5.32 Å². The monoisotopic (exact) mass is 323 g/mol. The summed E-state index contributed by atoms with van der Waals surface area (Å²) in [4.78, 5) is 0. The van der Waals surface area contributed by atoms with E-state index >= 15 is 0 Å². The Morgan fingerprint density at radius 2 is 1.56 bits per heavy atom. The number of hydrogen-bond acceptors (Lipinski definition) is 1. The van der Waals surface area contributed by atoms with E-state index in [2.05, 4.69) is 98.0 Å².